The molecule has 0 amide bonds. The van der Waals surface area contributed by atoms with Crippen LogP contribution < -0.4 is 10.6 Å². The van der Waals surface area contributed by atoms with Crippen molar-refractivity contribution >= 4 is 17.6 Å². The van der Waals surface area contributed by atoms with E-state index in [1.807, 2.05) is 23.5 Å². The van der Waals surface area contributed by atoms with Crippen LogP contribution in [0.5, 0.6) is 0 Å². The van der Waals surface area contributed by atoms with Gasteiger partial charge in [-0.15, -0.1) is 0 Å². The van der Waals surface area contributed by atoms with Crippen LogP contribution in [0.1, 0.15) is 37.9 Å². The Morgan fingerprint density at radius 3 is 2.50 bits per heavy atom. The predicted octanol–water partition coefficient (Wildman–Crippen LogP) is 2.59. The summed E-state index contributed by atoms with van der Waals surface area (Å²) in [5.74, 6) is 2.36. The van der Waals surface area contributed by atoms with Gasteiger partial charge in [-0.3, -0.25) is 4.68 Å². The zero-order valence-corrected chi connectivity index (χ0v) is 14.6. The Hall–Kier alpha value is -0.680. The summed E-state index contributed by atoms with van der Waals surface area (Å²) >= 11 is 1.90. The number of hydrogen-bond acceptors (Lipinski definition) is 4. The average molecular weight is 298 g/mol. The Morgan fingerprint density at radius 1 is 1.35 bits per heavy atom. The van der Waals surface area contributed by atoms with Crippen LogP contribution in [-0.4, -0.2) is 40.9 Å². The van der Waals surface area contributed by atoms with Crippen LogP contribution in [0.4, 0.5) is 5.82 Å². The molecule has 0 fully saturated rings. The van der Waals surface area contributed by atoms with E-state index in [0.717, 1.165) is 30.7 Å². The minimum atomic E-state index is 0.214. The number of thioether (sulfide) groups is 1. The molecule has 0 aliphatic carbocycles. The summed E-state index contributed by atoms with van der Waals surface area (Å²) in [7, 11) is 4.22. The molecule has 1 rings (SSSR count). The van der Waals surface area contributed by atoms with Crippen LogP contribution in [0.2, 0.25) is 0 Å². The van der Waals surface area contributed by atoms with Crippen LogP contribution in [0, 0.1) is 6.92 Å². The second-order valence-corrected chi connectivity index (χ2v) is 6.42. The van der Waals surface area contributed by atoms with E-state index in [4.69, 9.17) is 5.73 Å². The summed E-state index contributed by atoms with van der Waals surface area (Å²) in [5.41, 5.74) is 8.58. The largest absolute Gasteiger partial charge is 0.356 e. The van der Waals surface area contributed by atoms with Crippen molar-refractivity contribution in [2.24, 2.45) is 12.8 Å². The van der Waals surface area contributed by atoms with Gasteiger partial charge in [-0.05, 0) is 32.4 Å². The molecule has 0 spiro atoms. The van der Waals surface area contributed by atoms with Gasteiger partial charge in [-0.2, -0.15) is 16.9 Å². The Bertz CT molecular complexity index is 416. The standard InChI is InChI=1S/C15H30N4S/c1-7-12(16)9-14-11(3)17-19(5)15(14)18(4)13(8-2)10-20-6/h12-13H,7-10,16H2,1-6H3. The van der Waals surface area contributed by atoms with Crippen molar-refractivity contribution in [1.29, 1.82) is 0 Å². The molecule has 1 aromatic rings. The molecule has 5 heteroatoms. The third kappa shape index (κ3) is 3.92. The quantitative estimate of drug-likeness (QED) is 0.801. The maximum atomic E-state index is 6.16. The third-order valence-corrected chi connectivity index (χ3v) is 4.73. The molecule has 1 aromatic heterocycles. The van der Waals surface area contributed by atoms with Crippen LogP contribution in [0.15, 0.2) is 0 Å². The number of rotatable bonds is 8. The molecule has 0 aromatic carbocycles. The second kappa shape index (κ2) is 7.93. The SMILES string of the molecule is CCC(N)Cc1c(C)nn(C)c1N(C)C(CC)CSC. The van der Waals surface area contributed by atoms with Gasteiger partial charge in [0.1, 0.15) is 5.82 Å². The lowest BCUT2D eigenvalue weighted by atomic mass is 10.0. The molecule has 20 heavy (non-hydrogen) atoms. The van der Waals surface area contributed by atoms with E-state index in [0.29, 0.717) is 6.04 Å². The molecule has 0 aliphatic heterocycles. The lowest BCUT2D eigenvalue weighted by molar-refractivity contribution is 0.621. The molecule has 1 heterocycles. The highest BCUT2D eigenvalue weighted by Gasteiger charge is 2.22. The number of nitrogens with zero attached hydrogens (tertiary/aromatic N) is 3. The molecule has 0 saturated heterocycles. The predicted molar refractivity (Wildman–Crippen MR) is 90.8 cm³/mol. The molecule has 2 N–H and O–H groups in total. The molecule has 116 valence electrons. The van der Waals surface area contributed by atoms with Gasteiger partial charge in [0.2, 0.25) is 0 Å². The van der Waals surface area contributed by atoms with E-state index in [1.54, 1.807) is 0 Å². The number of anilines is 1. The first-order valence-electron chi connectivity index (χ1n) is 7.45. The Kier molecular flexibility index (Phi) is 6.89. The number of hydrogen-bond donors (Lipinski definition) is 1. The number of aromatic nitrogens is 2. The van der Waals surface area contributed by atoms with Crippen LogP contribution >= 0.6 is 11.8 Å². The van der Waals surface area contributed by atoms with Crippen molar-refractivity contribution in [1.82, 2.24) is 9.78 Å². The molecule has 0 aliphatic rings. The number of aryl methyl sites for hydroxylation is 2. The Morgan fingerprint density at radius 2 is 2.00 bits per heavy atom. The summed E-state index contributed by atoms with van der Waals surface area (Å²) in [6, 6.07) is 0.752. The maximum absolute atomic E-state index is 6.16. The summed E-state index contributed by atoms with van der Waals surface area (Å²) < 4.78 is 2.01. The molecule has 0 radical (unpaired) electrons. The zero-order chi connectivity index (χ0) is 15.3. The zero-order valence-electron chi connectivity index (χ0n) is 13.8. The first kappa shape index (κ1) is 17.4. The van der Waals surface area contributed by atoms with E-state index >= 15 is 0 Å². The van der Waals surface area contributed by atoms with Crippen molar-refractivity contribution in [3.05, 3.63) is 11.3 Å². The highest BCUT2D eigenvalue weighted by molar-refractivity contribution is 7.98. The van der Waals surface area contributed by atoms with Crippen LogP contribution in [0.25, 0.3) is 0 Å². The van der Waals surface area contributed by atoms with Crippen molar-refractivity contribution < 1.29 is 0 Å². The molecular formula is C15H30N4S. The lowest BCUT2D eigenvalue weighted by Gasteiger charge is -2.30. The summed E-state index contributed by atoms with van der Waals surface area (Å²) in [6.45, 7) is 6.48. The van der Waals surface area contributed by atoms with Gasteiger partial charge in [0.25, 0.3) is 0 Å². The lowest BCUT2D eigenvalue weighted by Crippen LogP contribution is -2.35. The van der Waals surface area contributed by atoms with Gasteiger partial charge in [-0.25, -0.2) is 0 Å². The van der Waals surface area contributed by atoms with Gasteiger partial charge in [0, 0.05) is 37.5 Å². The maximum Gasteiger partial charge on any atom is 0.130 e. The van der Waals surface area contributed by atoms with Crippen LogP contribution in [0.3, 0.4) is 0 Å². The molecule has 0 bridgehead atoms. The molecule has 0 saturated carbocycles. The fourth-order valence-electron chi connectivity index (χ4n) is 2.65. The summed E-state index contributed by atoms with van der Waals surface area (Å²) in [4.78, 5) is 2.38. The molecular weight excluding hydrogens is 268 g/mol. The van der Waals surface area contributed by atoms with Gasteiger partial charge in [0.05, 0.1) is 5.69 Å². The third-order valence-electron chi connectivity index (χ3n) is 4.02. The van der Waals surface area contributed by atoms with Crippen molar-refractivity contribution in [3.8, 4) is 0 Å². The van der Waals surface area contributed by atoms with Gasteiger partial charge >= 0.3 is 0 Å². The first-order valence-corrected chi connectivity index (χ1v) is 8.85. The van der Waals surface area contributed by atoms with E-state index in [1.165, 1.54) is 11.4 Å². The smallest absolute Gasteiger partial charge is 0.130 e. The minimum absolute atomic E-state index is 0.214. The van der Waals surface area contributed by atoms with Gasteiger partial charge in [-0.1, -0.05) is 13.8 Å². The monoisotopic (exact) mass is 298 g/mol. The average Bonchev–Trinajstić information content (AvgIpc) is 2.69. The Balaban J connectivity index is 3.08. The fraction of sp³-hybridized carbons (Fsp3) is 0.800. The second-order valence-electron chi connectivity index (χ2n) is 5.51. The van der Waals surface area contributed by atoms with Crippen molar-refractivity contribution in [3.63, 3.8) is 0 Å². The van der Waals surface area contributed by atoms with E-state index in [9.17, 15) is 0 Å². The minimum Gasteiger partial charge on any atom is -0.356 e. The summed E-state index contributed by atoms with van der Waals surface area (Å²) in [6.07, 6.45) is 5.21. The molecule has 2 atom stereocenters. The van der Waals surface area contributed by atoms with E-state index < -0.39 is 0 Å². The number of nitrogens with two attached hydrogens (primary N) is 1. The van der Waals surface area contributed by atoms with E-state index in [2.05, 4.69) is 44.1 Å². The van der Waals surface area contributed by atoms with Gasteiger partial charge in [0.15, 0.2) is 0 Å². The van der Waals surface area contributed by atoms with Crippen molar-refractivity contribution in [2.75, 3.05) is 24.0 Å². The van der Waals surface area contributed by atoms with Crippen LogP contribution in [-0.2, 0) is 13.5 Å². The normalized spacial score (nSPS) is 14.3. The molecule has 2 unspecified atom stereocenters. The molecule has 4 nitrogen and oxygen atoms in total. The highest BCUT2D eigenvalue weighted by Crippen LogP contribution is 2.27. The summed E-state index contributed by atoms with van der Waals surface area (Å²) in [5, 5.41) is 4.61. The first-order chi connectivity index (χ1) is 9.46. The fourth-order valence-corrected chi connectivity index (χ4v) is 3.49. The van der Waals surface area contributed by atoms with E-state index in [-0.39, 0.29) is 6.04 Å². The Labute approximate surface area is 128 Å². The topological polar surface area (TPSA) is 47.1 Å². The van der Waals surface area contributed by atoms with Crippen molar-refractivity contribution in [2.45, 2.75) is 52.1 Å². The van der Waals surface area contributed by atoms with Gasteiger partial charge < -0.3 is 10.6 Å². The highest BCUT2D eigenvalue weighted by atomic mass is 32.2.